The maximum atomic E-state index is 11.5. The second-order valence-electron chi connectivity index (χ2n) is 3.90. The monoisotopic (exact) mass is 261 g/mol. The number of nitrogens with zero attached hydrogens (tertiary/aromatic N) is 1. The molecule has 1 heterocycles. The molecule has 3 N–H and O–H groups in total. The van der Waals surface area contributed by atoms with Crippen molar-refractivity contribution in [2.24, 2.45) is 0 Å². The lowest BCUT2D eigenvalue weighted by molar-refractivity contribution is 0.363. The van der Waals surface area contributed by atoms with Crippen LogP contribution in [0.25, 0.3) is 0 Å². The van der Waals surface area contributed by atoms with Crippen LogP contribution in [-0.2, 0) is 6.42 Å². The van der Waals surface area contributed by atoms with Crippen LogP contribution in [0.5, 0.6) is 17.4 Å². The molecule has 2 rings (SSSR count). The van der Waals surface area contributed by atoms with Crippen molar-refractivity contribution in [2.45, 2.75) is 13.3 Å². The summed E-state index contributed by atoms with van der Waals surface area (Å²) in [7, 11) is 1.38. The van der Waals surface area contributed by atoms with E-state index in [1.807, 2.05) is 19.1 Å². The number of methoxy groups -OCH3 is 1. The number of hydrogen-bond donors (Lipinski definition) is 2. The predicted octanol–water partition coefficient (Wildman–Crippen LogP) is 1.72. The highest BCUT2D eigenvalue weighted by molar-refractivity contribution is 5.56. The van der Waals surface area contributed by atoms with Gasteiger partial charge in [0.05, 0.1) is 19.1 Å². The van der Waals surface area contributed by atoms with Crippen molar-refractivity contribution >= 4 is 5.69 Å². The van der Waals surface area contributed by atoms with Crippen LogP contribution in [0.3, 0.4) is 0 Å². The maximum absolute atomic E-state index is 11.5. The van der Waals surface area contributed by atoms with E-state index in [0.29, 0.717) is 11.4 Å². The first-order valence-electron chi connectivity index (χ1n) is 5.83. The van der Waals surface area contributed by atoms with E-state index in [9.17, 15) is 4.79 Å². The lowest BCUT2D eigenvalue weighted by atomic mass is 10.1. The Morgan fingerprint density at radius 1 is 1.42 bits per heavy atom. The zero-order valence-electron chi connectivity index (χ0n) is 10.8. The number of nitrogen functional groups attached to an aromatic ring is 1. The molecular weight excluding hydrogens is 246 g/mol. The summed E-state index contributed by atoms with van der Waals surface area (Å²) in [6, 6.07) is 5.48. The van der Waals surface area contributed by atoms with Crippen molar-refractivity contribution in [3.63, 3.8) is 0 Å². The molecule has 0 aliphatic heterocycles. The highest BCUT2D eigenvalue weighted by Crippen LogP contribution is 2.30. The molecule has 6 nitrogen and oxygen atoms in total. The van der Waals surface area contributed by atoms with Gasteiger partial charge in [-0.05, 0) is 24.1 Å². The molecule has 0 saturated heterocycles. The van der Waals surface area contributed by atoms with Gasteiger partial charge in [-0.15, -0.1) is 0 Å². The number of nitrogens with one attached hydrogen (secondary N) is 1. The van der Waals surface area contributed by atoms with Crippen molar-refractivity contribution in [1.29, 1.82) is 0 Å². The zero-order valence-corrected chi connectivity index (χ0v) is 10.8. The molecule has 0 atom stereocenters. The van der Waals surface area contributed by atoms with E-state index < -0.39 is 5.56 Å². The van der Waals surface area contributed by atoms with Gasteiger partial charge in [-0.25, -0.2) is 4.98 Å². The Bertz CT molecular complexity index is 637. The van der Waals surface area contributed by atoms with Gasteiger partial charge >= 0.3 is 0 Å². The van der Waals surface area contributed by atoms with Crippen LogP contribution in [0.4, 0.5) is 5.69 Å². The molecule has 1 aromatic heterocycles. The summed E-state index contributed by atoms with van der Waals surface area (Å²) in [5.74, 6) is 0.539. The van der Waals surface area contributed by atoms with Crippen molar-refractivity contribution < 1.29 is 9.47 Å². The average molecular weight is 261 g/mol. The van der Waals surface area contributed by atoms with Crippen molar-refractivity contribution in [1.82, 2.24) is 9.97 Å². The number of aromatic nitrogens is 2. The Morgan fingerprint density at radius 3 is 2.84 bits per heavy atom. The Balaban J connectivity index is 2.36. The van der Waals surface area contributed by atoms with Crippen LogP contribution in [0.2, 0.25) is 0 Å². The van der Waals surface area contributed by atoms with E-state index in [-0.39, 0.29) is 11.6 Å². The number of ether oxygens (including phenoxy) is 2. The first kappa shape index (κ1) is 12.9. The number of nitrogens with two attached hydrogens (primary N) is 1. The summed E-state index contributed by atoms with van der Waals surface area (Å²) in [6.07, 6.45) is 2.13. The van der Waals surface area contributed by atoms with Crippen LogP contribution in [-0.4, -0.2) is 17.1 Å². The van der Waals surface area contributed by atoms with Gasteiger partial charge in [0, 0.05) is 0 Å². The molecule has 0 saturated carbocycles. The van der Waals surface area contributed by atoms with Gasteiger partial charge in [-0.1, -0.05) is 13.0 Å². The molecule has 100 valence electrons. The standard InChI is InChI=1S/C13H15N3O3/c1-3-8-4-5-10(9(14)6-8)19-13-11(18-2)12(17)15-7-16-13/h4-7H,3,14H2,1-2H3,(H,15,16,17). The minimum Gasteiger partial charge on any atom is -0.487 e. The Kier molecular flexibility index (Phi) is 3.70. The summed E-state index contributed by atoms with van der Waals surface area (Å²) < 4.78 is 10.5. The maximum Gasteiger partial charge on any atom is 0.297 e. The van der Waals surface area contributed by atoms with Gasteiger partial charge in [0.2, 0.25) is 5.75 Å². The SMILES string of the molecule is CCc1ccc(Oc2nc[nH]c(=O)c2OC)c(N)c1. The second kappa shape index (κ2) is 5.43. The van der Waals surface area contributed by atoms with E-state index in [1.54, 1.807) is 6.07 Å². The van der Waals surface area contributed by atoms with E-state index in [2.05, 4.69) is 9.97 Å². The third-order valence-electron chi connectivity index (χ3n) is 2.67. The van der Waals surface area contributed by atoms with E-state index in [4.69, 9.17) is 15.2 Å². The van der Waals surface area contributed by atoms with Crippen molar-refractivity contribution in [2.75, 3.05) is 12.8 Å². The van der Waals surface area contributed by atoms with Gasteiger partial charge in [-0.3, -0.25) is 4.79 Å². The number of aromatic amines is 1. The number of rotatable bonds is 4. The smallest absolute Gasteiger partial charge is 0.297 e. The van der Waals surface area contributed by atoms with Gasteiger partial charge in [0.15, 0.2) is 5.75 Å². The Morgan fingerprint density at radius 2 is 2.21 bits per heavy atom. The Labute approximate surface area is 110 Å². The fraction of sp³-hybridized carbons (Fsp3) is 0.231. The largest absolute Gasteiger partial charge is 0.487 e. The fourth-order valence-corrected chi connectivity index (χ4v) is 1.64. The lowest BCUT2D eigenvalue weighted by Gasteiger charge is -2.10. The molecule has 19 heavy (non-hydrogen) atoms. The molecule has 2 aromatic rings. The summed E-state index contributed by atoms with van der Waals surface area (Å²) in [4.78, 5) is 17.9. The summed E-state index contributed by atoms with van der Waals surface area (Å²) in [5, 5.41) is 0. The summed E-state index contributed by atoms with van der Waals surface area (Å²) in [6.45, 7) is 2.04. The molecule has 1 aromatic carbocycles. The molecule has 0 spiro atoms. The summed E-state index contributed by atoms with van der Waals surface area (Å²) >= 11 is 0. The minimum absolute atomic E-state index is 0.0152. The van der Waals surface area contributed by atoms with Gasteiger partial charge in [-0.2, -0.15) is 0 Å². The highest BCUT2D eigenvalue weighted by Gasteiger charge is 2.12. The van der Waals surface area contributed by atoms with Crippen LogP contribution in [0, 0.1) is 0 Å². The van der Waals surface area contributed by atoms with Crippen LogP contribution in [0.1, 0.15) is 12.5 Å². The second-order valence-corrected chi connectivity index (χ2v) is 3.90. The van der Waals surface area contributed by atoms with Crippen LogP contribution in [0.15, 0.2) is 29.3 Å². The number of hydrogen-bond acceptors (Lipinski definition) is 5. The number of aryl methyl sites for hydroxylation is 1. The first-order valence-corrected chi connectivity index (χ1v) is 5.83. The lowest BCUT2D eigenvalue weighted by Crippen LogP contribution is -2.11. The van der Waals surface area contributed by atoms with Crippen molar-refractivity contribution in [3.05, 3.63) is 40.4 Å². The Hall–Kier alpha value is -2.50. The molecule has 0 unspecified atom stereocenters. The average Bonchev–Trinajstić information content (AvgIpc) is 2.41. The number of anilines is 1. The van der Waals surface area contributed by atoms with Gasteiger partial charge in [0.1, 0.15) is 0 Å². The van der Waals surface area contributed by atoms with E-state index in [0.717, 1.165) is 12.0 Å². The van der Waals surface area contributed by atoms with Crippen LogP contribution >= 0.6 is 0 Å². The normalized spacial score (nSPS) is 10.2. The fourth-order valence-electron chi connectivity index (χ4n) is 1.64. The third-order valence-corrected chi connectivity index (χ3v) is 2.67. The third kappa shape index (κ3) is 2.67. The quantitative estimate of drug-likeness (QED) is 0.818. The summed E-state index contributed by atoms with van der Waals surface area (Å²) in [5.41, 5.74) is 7.09. The van der Waals surface area contributed by atoms with Gasteiger partial charge in [0.25, 0.3) is 11.4 Å². The molecule has 0 aliphatic carbocycles. The molecule has 6 heteroatoms. The molecular formula is C13H15N3O3. The molecule has 0 amide bonds. The van der Waals surface area contributed by atoms with Crippen molar-refractivity contribution in [3.8, 4) is 17.4 Å². The molecule has 0 fully saturated rings. The topological polar surface area (TPSA) is 90.2 Å². The molecule has 0 radical (unpaired) electrons. The first-order chi connectivity index (χ1) is 9.15. The number of H-pyrrole nitrogens is 1. The minimum atomic E-state index is -0.406. The highest BCUT2D eigenvalue weighted by atomic mass is 16.5. The van der Waals surface area contributed by atoms with E-state index >= 15 is 0 Å². The molecule has 0 bridgehead atoms. The predicted molar refractivity (Wildman–Crippen MR) is 71.7 cm³/mol. The van der Waals surface area contributed by atoms with Crippen LogP contribution < -0.4 is 20.8 Å². The van der Waals surface area contributed by atoms with E-state index in [1.165, 1.54) is 13.4 Å². The molecule has 0 aliphatic rings. The number of benzene rings is 1. The zero-order chi connectivity index (χ0) is 13.8. The van der Waals surface area contributed by atoms with Gasteiger partial charge < -0.3 is 20.2 Å².